The molecule has 22 heavy (non-hydrogen) atoms. The number of nitrogens with one attached hydrogen (secondary N) is 1. The smallest absolute Gasteiger partial charge is 0.223 e. The third-order valence-electron chi connectivity index (χ3n) is 3.88. The van der Waals surface area contributed by atoms with E-state index >= 15 is 0 Å². The van der Waals surface area contributed by atoms with Crippen molar-refractivity contribution in [2.75, 3.05) is 26.7 Å². The van der Waals surface area contributed by atoms with Gasteiger partial charge in [-0.25, -0.2) is 0 Å². The van der Waals surface area contributed by atoms with Crippen LogP contribution in [0.1, 0.15) is 25.0 Å². The van der Waals surface area contributed by atoms with Gasteiger partial charge >= 0.3 is 0 Å². The van der Waals surface area contributed by atoms with Crippen LogP contribution in [-0.4, -0.2) is 54.8 Å². The van der Waals surface area contributed by atoms with Crippen LogP contribution in [0.25, 0.3) is 0 Å². The van der Waals surface area contributed by atoms with Gasteiger partial charge in [0.2, 0.25) is 5.91 Å². The average molecular weight is 327 g/mol. The van der Waals surface area contributed by atoms with Gasteiger partial charge in [-0.05, 0) is 31.7 Å². The van der Waals surface area contributed by atoms with E-state index in [1.54, 1.807) is 24.3 Å². The van der Waals surface area contributed by atoms with Crippen LogP contribution in [0.15, 0.2) is 24.3 Å². The van der Waals surface area contributed by atoms with Gasteiger partial charge in [0.1, 0.15) is 0 Å². The van der Waals surface area contributed by atoms with E-state index < -0.39 is 6.10 Å². The number of amides is 1. The van der Waals surface area contributed by atoms with Gasteiger partial charge in [0.25, 0.3) is 0 Å². The lowest BCUT2D eigenvalue weighted by molar-refractivity contribution is -0.125. The molecule has 1 aromatic carbocycles. The Morgan fingerprint density at radius 1 is 1.50 bits per heavy atom. The molecule has 0 aliphatic carbocycles. The minimum absolute atomic E-state index is 0.0182. The molecule has 1 saturated heterocycles. The number of halogens is 1. The number of morpholine rings is 1. The highest BCUT2D eigenvalue weighted by Crippen LogP contribution is 2.19. The van der Waals surface area contributed by atoms with E-state index in [4.69, 9.17) is 16.3 Å². The lowest BCUT2D eigenvalue weighted by Crippen LogP contribution is -2.51. The summed E-state index contributed by atoms with van der Waals surface area (Å²) in [5.74, 6) is -0.188. The molecule has 2 N–H and O–H groups in total. The molecule has 6 heteroatoms. The minimum atomic E-state index is -0.834. The maximum atomic E-state index is 12.1. The largest absolute Gasteiger partial charge is 0.388 e. The molecule has 2 rings (SSSR count). The van der Waals surface area contributed by atoms with Gasteiger partial charge in [0.15, 0.2) is 0 Å². The van der Waals surface area contributed by atoms with Gasteiger partial charge in [-0.2, -0.15) is 0 Å². The summed E-state index contributed by atoms with van der Waals surface area (Å²) in [7, 11) is 2.04. The Labute approximate surface area is 136 Å². The molecule has 5 nitrogen and oxygen atoms in total. The summed E-state index contributed by atoms with van der Waals surface area (Å²) in [5, 5.41) is 13.6. The van der Waals surface area contributed by atoms with Gasteiger partial charge in [-0.3, -0.25) is 4.79 Å². The number of carbonyl (C=O) groups excluding carboxylic acids is 1. The standard InChI is InChI=1S/C16H23ClN2O3/c1-11(15-10-19(2)7-8-22-15)18-16(21)9-14(20)12-3-5-13(17)6-4-12/h3-6,11,14-15,20H,7-10H2,1-2H3,(H,18,21). The normalized spacial score (nSPS) is 22.1. The fourth-order valence-corrected chi connectivity index (χ4v) is 2.62. The molecule has 0 radical (unpaired) electrons. The van der Waals surface area contributed by atoms with E-state index in [1.165, 1.54) is 0 Å². The number of nitrogens with zero attached hydrogens (tertiary/aromatic N) is 1. The zero-order valence-electron chi connectivity index (χ0n) is 13.0. The lowest BCUT2D eigenvalue weighted by Gasteiger charge is -2.34. The molecule has 0 aromatic heterocycles. The van der Waals surface area contributed by atoms with Crippen molar-refractivity contribution in [1.82, 2.24) is 10.2 Å². The second-order valence-corrected chi connectivity index (χ2v) is 6.24. The van der Waals surface area contributed by atoms with Crippen molar-refractivity contribution in [3.05, 3.63) is 34.9 Å². The molecular formula is C16H23ClN2O3. The van der Waals surface area contributed by atoms with Gasteiger partial charge < -0.3 is 20.1 Å². The summed E-state index contributed by atoms with van der Waals surface area (Å²) >= 11 is 5.81. The Morgan fingerprint density at radius 2 is 2.18 bits per heavy atom. The molecular weight excluding hydrogens is 304 g/mol. The highest BCUT2D eigenvalue weighted by atomic mass is 35.5. The first-order chi connectivity index (χ1) is 10.5. The highest BCUT2D eigenvalue weighted by molar-refractivity contribution is 6.30. The van der Waals surface area contributed by atoms with Crippen molar-refractivity contribution in [1.29, 1.82) is 0 Å². The van der Waals surface area contributed by atoms with Gasteiger partial charge in [0.05, 0.1) is 31.3 Å². The Hall–Kier alpha value is -1.14. The highest BCUT2D eigenvalue weighted by Gasteiger charge is 2.25. The molecule has 3 unspecified atom stereocenters. The van der Waals surface area contributed by atoms with E-state index in [-0.39, 0.29) is 24.5 Å². The second-order valence-electron chi connectivity index (χ2n) is 5.80. The van der Waals surface area contributed by atoms with Crippen LogP contribution in [0.5, 0.6) is 0 Å². The number of aliphatic hydroxyl groups is 1. The maximum Gasteiger partial charge on any atom is 0.223 e. The third-order valence-corrected chi connectivity index (χ3v) is 4.13. The number of aliphatic hydroxyl groups excluding tert-OH is 1. The van der Waals surface area contributed by atoms with Crippen LogP contribution in [-0.2, 0) is 9.53 Å². The monoisotopic (exact) mass is 326 g/mol. The van der Waals surface area contributed by atoms with Crippen molar-refractivity contribution in [2.24, 2.45) is 0 Å². The first-order valence-electron chi connectivity index (χ1n) is 7.48. The fourth-order valence-electron chi connectivity index (χ4n) is 2.50. The number of ether oxygens (including phenoxy) is 1. The number of hydrogen-bond acceptors (Lipinski definition) is 4. The van der Waals surface area contributed by atoms with Crippen molar-refractivity contribution in [3.8, 4) is 0 Å². The van der Waals surface area contributed by atoms with Crippen LogP contribution in [0.3, 0.4) is 0 Å². The number of hydrogen-bond donors (Lipinski definition) is 2. The SMILES string of the molecule is CC(NC(=O)CC(O)c1ccc(Cl)cc1)C1CN(C)CCO1. The summed E-state index contributed by atoms with van der Waals surface area (Å²) in [5.41, 5.74) is 0.681. The molecule has 0 spiro atoms. The van der Waals surface area contributed by atoms with E-state index in [0.29, 0.717) is 17.2 Å². The van der Waals surface area contributed by atoms with Crippen LogP contribution < -0.4 is 5.32 Å². The average Bonchev–Trinajstić information content (AvgIpc) is 2.47. The first-order valence-corrected chi connectivity index (χ1v) is 7.86. The van der Waals surface area contributed by atoms with Crippen molar-refractivity contribution in [3.63, 3.8) is 0 Å². The molecule has 1 heterocycles. The van der Waals surface area contributed by atoms with Crippen molar-refractivity contribution < 1.29 is 14.6 Å². The Kier molecular flexibility index (Phi) is 6.20. The topological polar surface area (TPSA) is 61.8 Å². The molecule has 3 atom stereocenters. The first kappa shape index (κ1) is 17.2. The van der Waals surface area contributed by atoms with E-state index in [0.717, 1.165) is 13.1 Å². The van der Waals surface area contributed by atoms with Crippen LogP contribution in [0, 0.1) is 0 Å². The number of likely N-dealkylation sites (N-methyl/N-ethyl adjacent to an activating group) is 1. The molecule has 1 aliphatic heterocycles. The zero-order valence-corrected chi connectivity index (χ0v) is 13.7. The van der Waals surface area contributed by atoms with Gasteiger partial charge in [-0.1, -0.05) is 23.7 Å². The Balaban J connectivity index is 1.82. The van der Waals surface area contributed by atoms with Crippen molar-refractivity contribution >= 4 is 17.5 Å². The zero-order chi connectivity index (χ0) is 16.1. The number of benzene rings is 1. The summed E-state index contributed by atoms with van der Waals surface area (Å²) < 4.78 is 5.68. The summed E-state index contributed by atoms with van der Waals surface area (Å²) in [6.07, 6.45) is -0.830. The van der Waals surface area contributed by atoms with Gasteiger partial charge in [-0.15, -0.1) is 0 Å². The van der Waals surface area contributed by atoms with Gasteiger partial charge in [0, 0.05) is 18.1 Å². The molecule has 1 fully saturated rings. The molecule has 1 aliphatic rings. The third kappa shape index (κ3) is 4.95. The predicted octanol–water partition coefficient (Wildman–Crippen LogP) is 1.60. The molecule has 0 bridgehead atoms. The van der Waals surface area contributed by atoms with E-state index in [1.807, 2.05) is 14.0 Å². The molecule has 0 saturated carbocycles. The summed E-state index contributed by atoms with van der Waals surface area (Å²) in [6.45, 7) is 4.30. The van der Waals surface area contributed by atoms with Crippen LogP contribution >= 0.6 is 11.6 Å². The van der Waals surface area contributed by atoms with E-state index in [9.17, 15) is 9.90 Å². The fraction of sp³-hybridized carbons (Fsp3) is 0.562. The van der Waals surface area contributed by atoms with Crippen LogP contribution in [0.2, 0.25) is 5.02 Å². The molecule has 1 aromatic rings. The summed E-state index contributed by atoms with van der Waals surface area (Å²) in [4.78, 5) is 14.2. The molecule has 122 valence electrons. The second kappa shape index (κ2) is 7.92. The van der Waals surface area contributed by atoms with Crippen LogP contribution in [0.4, 0.5) is 0 Å². The maximum absolute atomic E-state index is 12.1. The Morgan fingerprint density at radius 3 is 2.82 bits per heavy atom. The number of carbonyl (C=O) groups is 1. The molecule has 1 amide bonds. The summed E-state index contributed by atoms with van der Waals surface area (Å²) in [6, 6.07) is 6.76. The quantitative estimate of drug-likeness (QED) is 0.863. The lowest BCUT2D eigenvalue weighted by atomic mass is 10.1. The van der Waals surface area contributed by atoms with E-state index in [2.05, 4.69) is 10.2 Å². The Bertz CT molecular complexity index is 495. The number of rotatable bonds is 5. The van der Waals surface area contributed by atoms with Crippen molar-refractivity contribution in [2.45, 2.75) is 31.6 Å². The predicted molar refractivity (Wildman–Crippen MR) is 85.9 cm³/mol. The minimum Gasteiger partial charge on any atom is -0.388 e.